The molecule has 0 spiro atoms. The van der Waals surface area contributed by atoms with E-state index in [0.29, 0.717) is 21.3 Å². The zero-order valence-corrected chi connectivity index (χ0v) is 23.8. The highest BCUT2D eigenvalue weighted by atomic mass is 35.5. The fourth-order valence-corrected chi connectivity index (χ4v) is 9.49. The number of likely N-dealkylation sites (N-methyl/N-ethyl adjacent to an activating group) is 1. The number of carbonyl (C=O) groups is 2. The van der Waals surface area contributed by atoms with Gasteiger partial charge in [-0.3, -0.25) is 9.59 Å². The highest BCUT2D eigenvalue weighted by Gasteiger charge is 2.50. The van der Waals surface area contributed by atoms with Gasteiger partial charge in [-0.15, -0.1) is 0 Å². The summed E-state index contributed by atoms with van der Waals surface area (Å²) in [7, 11) is -1.20. The minimum absolute atomic E-state index is 0.126. The molecule has 0 aliphatic carbocycles. The van der Waals surface area contributed by atoms with Gasteiger partial charge in [-0.2, -0.15) is 0 Å². The number of carbonyl (C=O) groups excluding carboxylic acids is 2. The third kappa shape index (κ3) is 5.84. The van der Waals surface area contributed by atoms with Gasteiger partial charge in [-0.05, 0) is 27.5 Å². The van der Waals surface area contributed by atoms with Crippen LogP contribution in [0.2, 0.25) is 15.1 Å². The first kappa shape index (κ1) is 27.9. The number of hydrogen-bond acceptors (Lipinski definition) is 3. The monoisotopic (exact) mass is 542 g/mol. The molecule has 36 heavy (non-hydrogen) atoms. The van der Waals surface area contributed by atoms with Gasteiger partial charge in [0.25, 0.3) is 8.32 Å². The van der Waals surface area contributed by atoms with Crippen molar-refractivity contribution in [1.29, 1.82) is 0 Å². The number of nitrogens with one attached hydrogen (secondary N) is 1. The maximum atomic E-state index is 12.6. The van der Waals surface area contributed by atoms with Gasteiger partial charge in [-0.1, -0.05) is 105 Å². The van der Waals surface area contributed by atoms with Gasteiger partial charge >= 0.3 is 0 Å². The summed E-state index contributed by atoms with van der Waals surface area (Å²) in [4.78, 5) is 25.3. The molecule has 190 valence electrons. The molecular formula is C28H32Cl2N2O3Si. The van der Waals surface area contributed by atoms with Crippen molar-refractivity contribution in [3.05, 3.63) is 88.4 Å². The topological polar surface area (TPSA) is 58.6 Å². The van der Waals surface area contributed by atoms with E-state index < -0.39 is 8.32 Å². The summed E-state index contributed by atoms with van der Waals surface area (Å²) in [5.41, 5.74) is 1.11. The summed E-state index contributed by atoms with van der Waals surface area (Å²) >= 11 is 13.4. The Morgan fingerprint density at radius 2 is 1.44 bits per heavy atom. The standard InChI is InChI=1S/C28H32Cl2N2O3Si/c1-20(33)31-18-26(34)32(5)25-17-16-24(29)23(27(25)30)19-35-36(28(2,3)4,21-12-8-6-9-13-21)22-14-10-7-11-15-22/h6-17H,18-19H2,1-5H3,(H,31,33). The summed E-state index contributed by atoms with van der Waals surface area (Å²) in [6.45, 7) is 8.02. The summed E-state index contributed by atoms with van der Waals surface area (Å²) < 4.78 is 7.00. The molecule has 3 aromatic carbocycles. The normalized spacial score (nSPS) is 11.8. The first-order valence-corrected chi connectivity index (χ1v) is 14.4. The van der Waals surface area contributed by atoms with Crippen LogP contribution in [0.15, 0.2) is 72.8 Å². The molecule has 1 N–H and O–H groups in total. The van der Waals surface area contributed by atoms with E-state index in [1.54, 1.807) is 19.2 Å². The third-order valence-electron chi connectivity index (χ3n) is 6.24. The second-order valence-corrected chi connectivity index (χ2v) is 14.8. The molecule has 0 radical (unpaired) electrons. The van der Waals surface area contributed by atoms with Crippen LogP contribution in [0.5, 0.6) is 0 Å². The van der Waals surface area contributed by atoms with Crippen LogP contribution in [0.3, 0.4) is 0 Å². The predicted octanol–water partition coefficient (Wildman–Crippen LogP) is 5.17. The van der Waals surface area contributed by atoms with Gasteiger partial charge in [0.2, 0.25) is 11.8 Å². The molecule has 3 rings (SSSR count). The number of amides is 2. The molecule has 5 nitrogen and oxygen atoms in total. The molecule has 0 aliphatic rings. The van der Waals surface area contributed by atoms with Crippen molar-refractivity contribution in [1.82, 2.24) is 5.32 Å². The minimum atomic E-state index is -2.81. The van der Waals surface area contributed by atoms with Gasteiger partial charge in [0.05, 0.1) is 23.9 Å². The molecule has 0 saturated heterocycles. The van der Waals surface area contributed by atoms with Crippen molar-refractivity contribution >= 4 is 59.4 Å². The van der Waals surface area contributed by atoms with E-state index >= 15 is 0 Å². The highest BCUT2D eigenvalue weighted by molar-refractivity contribution is 6.99. The lowest BCUT2D eigenvalue weighted by atomic mass is 10.2. The molecule has 0 atom stereocenters. The lowest BCUT2D eigenvalue weighted by molar-refractivity contribution is -0.123. The fourth-order valence-electron chi connectivity index (χ4n) is 4.37. The molecule has 0 bridgehead atoms. The molecule has 0 fully saturated rings. The molecule has 0 unspecified atom stereocenters. The van der Waals surface area contributed by atoms with Crippen molar-refractivity contribution in [2.24, 2.45) is 0 Å². The summed E-state index contributed by atoms with van der Waals surface area (Å²) in [5, 5.41) is 5.41. The Labute approximate surface area is 224 Å². The van der Waals surface area contributed by atoms with Gasteiger partial charge in [0.1, 0.15) is 0 Å². The zero-order valence-electron chi connectivity index (χ0n) is 21.3. The van der Waals surface area contributed by atoms with Crippen LogP contribution < -0.4 is 20.6 Å². The van der Waals surface area contributed by atoms with Crippen molar-refractivity contribution < 1.29 is 14.0 Å². The zero-order chi connectivity index (χ0) is 26.5. The molecule has 0 saturated carbocycles. The SMILES string of the molecule is CC(=O)NCC(=O)N(C)c1ccc(Cl)c(CO[Si](c2ccccc2)(c2ccccc2)C(C)(C)C)c1Cl. The van der Waals surface area contributed by atoms with E-state index in [0.717, 1.165) is 10.4 Å². The van der Waals surface area contributed by atoms with Crippen LogP contribution in [0.4, 0.5) is 5.69 Å². The first-order valence-electron chi connectivity index (χ1n) is 11.7. The lowest BCUT2D eigenvalue weighted by Crippen LogP contribution is -2.66. The quantitative estimate of drug-likeness (QED) is 0.399. The Bertz CT molecular complexity index is 1180. The molecule has 0 heterocycles. The van der Waals surface area contributed by atoms with Crippen LogP contribution >= 0.6 is 23.2 Å². The summed E-state index contributed by atoms with van der Waals surface area (Å²) in [6, 6.07) is 24.0. The number of rotatable bonds is 8. The number of halogens is 2. The third-order valence-corrected chi connectivity index (χ3v) is 12.0. The number of hydrogen-bond donors (Lipinski definition) is 1. The summed E-state index contributed by atoms with van der Waals surface area (Å²) in [5.74, 6) is -0.577. The van der Waals surface area contributed by atoms with E-state index in [9.17, 15) is 9.59 Å². The molecule has 0 aliphatic heterocycles. The van der Waals surface area contributed by atoms with E-state index in [-0.39, 0.29) is 30.0 Å². The largest absolute Gasteiger partial charge is 0.403 e. The van der Waals surface area contributed by atoms with Crippen LogP contribution in [0.1, 0.15) is 33.3 Å². The fraction of sp³-hybridized carbons (Fsp3) is 0.286. The molecule has 2 amide bonds. The highest BCUT2D eigenvalue weighted by Crippen LogP contribution is 2.40. The Morgan fingerprint density at radius 3 is 1.92 bits per heavy atom. The molecular weight excluding hydrogens is 511 g/mol. The van der Waals surface area contributed by atoms with Gasteiger partial charge in [0.15, 0.2) is 0 Å². The Kier molecular flexibility index (Phi) is 9.01. The molecule has 8 heteroatoms. The average molecular weight is 544 g/mol. The second-order valence-electron chi connectivity index (χ2n) is 9.67. The Morgan fingerprint density at radius 1 is 0.917 bits per heavy atom. The van der Waals surface area contributed by atoms with Crippen LogP contribution in [0, 0.1) is 0 Å². The Balaban J connectivity index is 2.04. The van der Waals surface area contributed by atoms with Crippen molar-refractivity contribution in [2.75, 3.05) is 18.5 Å². The van der Waals surface area contributed by atoms with E-state index in [2.05, 4.69) is 50.4 Å². The number of nitrogens with zero attached hydrogens (tertiary/aromatic N) is 1. The predicted molar refractivity (Wildman–Crippen MR) is 151 cm³/mol. The van der Waals surface area contributed by atoms with Crippen LogP contribution in [0.25, 0.3) is 0 Å². The Hall–Kier alpha value is -2.64. The maximum absolute atomic E-state index is 12.6. The first-order chi connectivity index (χ1) is 17.0. The maximum Gasteiger partial charge on any atom is 0.261 e. The number of anilines is 1. The van der Waals surface area contributed by atoms with Crippen LogP contribution in [-0.2, 0) is 20.6 Å². The van der Waals surface area contributed by atoms with Gasteiger partial charge in [0, 0.05) is 24.6 Å². The number of benzene rings is 3. The van der Waals surface area contributed by atoms with E-state index in [1.165, 1.54) is 11.8 Å². The van der Waals surface area contributed by atoms with Crippen molar-refractivity contribution in [3.8, 4) is 0 Å². The van der Waals surface area contributed by atoms with E-state index in [4.69, 9.17) is 27.6 Å². The lowest BCUT2D eigenvalue weighted by Gasteiger charge is -2.43. The van der Waals surface area contributed by atoms with Gasteiger partial charge < -0.3 is 14.6 Å². The molecule has 3 aromatic rings. The average Bonchev–Trinajstić information content (AvgIpc) is 2.84. The minimum Gasteiger partial charge on any atom is -0.403 e. The molecule has 0 aromatic heterocycles. The second kappa shape index (κ2) is 11.6. The van der Waals surface area contributed by atoms with Crippen LogP contribution in [-0.4, -0.2) is 33.7 Å². The smallest absolute Gasteiger partial charge is 0.261 e. The van der Waals surface area contributed by atoms with E-state index in [1.807, 2.05) is 36.4 Å². The van der Waals surface area contributed by atoms with Gasteiger partial charge in [-0.25, -0.2) is 0 Å². The summed E-state index contributed by atoms with van der Waals surface area (Å²) in [6.07, 6.45) is 0. The van der Waals surface area contributed by atoms with Crippen molar-refractivity contribution in [2.45, 2.75) is 39.3 Å². The van der Waals surface area contributed by atoms with Crippen molar-refractivity contribution in [3.63, 3.8) is 0 Å².